The molecule has 0 spiro atoms. The first kappa shape index (κ1) is 24.0. The van der Waals surface area contributed by atoms with Crippen LogP contribution in [-0.4, -0.2) is 32.2 Å². The molecule has 1 heterocycles. The number of nitrogens with one attached hydrogen (secondary N) is 1. The lowest BCUT2D eigenvalue weighted by Crippen LogP contribution is -2.12. The van der Waals surface area contributed by atoms with E-state index in [1.165, 1.54) is 29.5 Å². The Morgan fingerprint density at radius 2 is 1.82 bits per heavy atom. The van der Waals surface area contributed by atoms with Gasteiger partial charge in [-0.3, -0.25) is 4.79 Å². The number of carbonyl (C=O) groups excluding carboxylic acids is 2. The molecule has 1 N–H and O–H groups in total. The number of ether oxygens (including phenoxy) is 3. The van der Waals surface area contributed by atoms with Crippen molar-refractivity contribution in [2.24, 2.45) is 0 Å². The van der Waals surface area contributed by atoms with E-state index in [0.717, 1.165) is 5.56 Å². The van der Waals surface area contributed by atoms with Crippen LogP contribution >= 0.6 is 11.3 Å². The van der Waals surface area contributed by atoms with Crippen molar-refractivity contribution in [1.29, 1.82) is 0 Å². The van der Waals surface area contributed by atoms with Crippen molar-refractivity contribution in [1.82, 2.24) is 0 Å². The van der Waals surface area contributed by atoms with Gasteiger partial charge in [-0.15, -0.1) is 11.3 Å². The van der Waals surface area contributed by atoms with E-state index in [9.17, 15) is 14.0 Å². The maximum Gasteiger partial charge on any atom is 0.341 e. The summed E-state index contributed by atoms with van der Waals surface area (Å²) < 4.78 is 29.3. The van der Waals surface area contributed by atoms with Crippen molar-refractivity contribution < 1.29 is 28.2 Å². The van der Waals surface area contributed by atoms with Crippen molar-refractivity contribution in [2.45, 2.75) is 13.8 Å². The number of amides is 1. The third-order valence-electron chi connectivity index (χ3n) is 4.58. The van der Waals surface area contributed by atoms with Crippen LogP contribution in [0.3, 0.4) is 0 Å². The highest BCUT2D eigenvalue weighted by Crippen LogP contribution is 2.36. The number of hydrogen-bond acceptors (Lipinski definition) is 6. The molecule has 3 aromatic rings. The smallest absolute Gasteiger partial charge is 0.341 e. The monoisotopic (exact) mass is 469 g/mol. The number of carbonyl (C=O) groups is 2. The average molecular weight is 470 g/mol. The highest BCUT2D eigenvalue weighted by molar-refractivity contribution is 7.15. The summed E-state index contributed by atoms with van der Waals surface area (Å²) in [5.41, 5.74) is 2.19. The second-order valence-corrected chi connectivity index (χ2v) is 7.63. The Kier molecular flexibility index (Phi) is 8.21. The van der Waals surface area contributed by atoms with Crippen molar-refractivity contribution in [3.8, 4) is 22.6 Å². The first-order chi connectivity index (χ1) is 16.0. The summed E-state index contributed by atoms with van der Waals surface area (Å²) in [6, 6.07) is 11.1. The molecule has 1 amide bonds. The summed E-state index contributed by atoms with van der Waals surface area (Å²) in [4.78, 5) is 25.2. The molecule has 6 nitrogen and oxygen atoms in total. The van der Waals surface area contributed by atoms with Gasteiger partial charge in [-0.05, 0) is 55.3 Å². The molecule has 0 saturated carbocycles. The number of benzene rings is 2. The molecule has 0 fully saturated rings. The predicted molar refractivity (Wildman–Crippen MR) is 127 cm³/mol. The first-order valence-corrected chi connectivity index (χ1v) is 11.2. The number of rotatable bonds is 9. The number of hydrogen-bond donors (Lipinski definition) is 1. The lowest BCUT2D eigenvalue weighted by atomic mass is 10.0. The molecule has 0 unspecified atom stereocenters. The Hall–Kier alpha value is -3.65. The molecule has 0 atom stereocenters. The summed E-state index contributed by atoms with van der Waals surface area (Å²) >= 11 is 1.20. The molecule has 0 aliphatic rings. The van der Waals surface area contributed by atoms with Gasteiger partial charge in [0.15, 0.2) is 11.5 Å². The second kappa shape index (κ2) is 11.3. The van der Waals surface area contributed by atoms with E-state index in [-0.39, 0.29) is 18.0 Å². The van der Waals surface area contributed by atoms with Crippen LogP contribution in [0.1, 0.15) is 29.8 Å². The summed E-state index contributed by atoms with van der Waals surface area (Å²) in [5.74, 6) is -0.176. The van der Waals surface area contributed by atoms with Gasteiger partial charge in [0, 0.05) is 17.0 Å². The Bertz CT molecular complexity index is 1150. The summed E-state index contributed by atoms with van der Waals surface area (Å²) in [5, 5.41) is 4.83. The highest BCUT2D eigenvalue weighted by Gasteiger charge is 2.22. The number of anilines is 1. The van der Waals surface area contributed by atoms with Gasteiger partial charge in [0.1, 0.15) is 16.4 Å². The summed E-state index contributed by atoms with van der Waals surface area (Å²) in [6.07, 6.45) is 2.99. The summed E-state index contributed by atoms with van der Waals surface area (Å²) in [6.45, 7) is 4.28. The van der Waals surface area contributed by atoms with Crippen LogP contribution in [-0.2, 0) is 9.53 Å². The van der Waals surface area contributed by atoms with Crippen molar-refractivity contribution in [3.63, 3.8) is 0 Å². The minimum atomic E-state index is -0.561. The fourth-order valence-corrected chi connectivity index (χ4v) is 4.05. The molecular formula is C25H24FNO5S. The topological polar surface area (TPSA) is 73.9 Å². The summed E-state index contributed by atoms with van der Waals surface area (Å²) in [7, 11) is 1.55. The first-order valence-electron chi connectivity index (χ1n) is 10.3. The number of thiophene rings is 1. The van der Waals surface area contributed by atoms with Crippen LogP contribution in [0.4, 0.5) is 9.39 Å². The van der Waals surface area contributed by atoms with Crippen molar-refractivity contribution in [3.05, 3.63) is 70.9 Å². The van der Waals surface area contributed by atoms with Gasteiger partial charge in [-0.25, -0.2) is 9.18 Å². The Morgan fingerprint density at radius 1 is 1.06 bits per heavy atom. The minimum Gasteiger partial charge on any atom is -0.493 e. The molecule has 1 aromatic heterocycles. The lowest BCUT2D eigenvalue weighted by molar-refractivity contribution is -0.111. The molecule has 0 aliphatic carbocycles. The third kappa shape index (κ3) is 5.98. The van der Waals surface area contributed by atoms with E-state index in [1.807, 2.05) is 6.92 Å². The van der Waals surface area contributed by atoms with Gasteiger partial charge in [-0.2, -0.15) is 0 Å². The quantitative estimate of drug-likeness (QED) is 0.317. The van der Waals surface area contributed by atoms with E-state index < -0.39 is 11.9 Å². The van der Waals surface area contributed by atoms with Gasteiger partial charge in [-0.1, -0.05) is 18.2 Å². The minimum absolute atomic E-state index is 0.185. The number of methoxy groups -OCH3 is 1. The van der Waals surface area contributed by atoms with Gasteiger partial charge in [0.25, 0.3) is 0 Å². The molecular weight excluding hydrogens is 445 g/mol. The Balaban J connectivity index is 1.83. The normalized spacial score (nSPS) is 10.8. The van der Waals surface area contributed by atoms with Gasteiger partial charge in [0.05, 0.1) is 20.3 Å². The van der Waals surface area contributed by atoms with Crippen LogP contribution in [0.15, 0.2) is 53.9 Å². The Morgan fingerprint density at radius 3 is 2.48 bits per heavy atom. The molecule has 33 heavy (non-hydrogen) atoms. The maximum absolute atomic E-state index is 13.3. The molecule has 0 saturated heterocycles. The number of esters is 1. The molecule has 0 aliphatic heterocycles. The lowest BCUT2D eigenvalue weighted by Gasteiger charge is -2.09. The van der Waals surface area contributed by atoms with E-state index in [2.05, 4.69) is 5.32 Å². The van der Waals surface area contributed by atoms with Gasteiger partial charge in [0.2, 0.25) is 5.91 Å². The predicted octanol–water partition coefficient (Wildman–Crippen LogP) is 5.79. The van der Waals surface area contributed by atoms with Crippen LogP contribution in [0.5, 0.6) is 11.5 Å². The van der Waals surface area contributed by atoms with Crippen LogP contribution < -0.4 is 14.8 Å². The van der Waals surface area contributed by atoms with Gasteiger partial charge >= 0.3 is 5.97 Å². The van der Waals surface area contributed by atoms with E-state index in [4.69, 9.17) is 14.2 Å². The molecule has 172 valence electrons. The highest BCUT2D eigenvalue weighted by atomic mass is 32.1. The van der Waals surface area contributed by atoms with E-state index in [0.29, 0.717) is 34.2 Å². The molecule has 3 rings (SSSR count). The van der Waals surface area contributed by atoms with Crippen molar-refractivity contribution in [2.75, 3.05) is 25.6 Å². The van der Waals surface area contributed by atoms with Gasteiger partial charge < -0.3 is 19.5 Å². The number of halogens is 1. The molecule has 0 radical (unpaired) electrons. The largest absolute Gasteiger partial charge is 0.493 e. The van der Waals surface area contributed by atoms with Crippen LogP contribution in [0.2, 0.25) is 0 Å². The Labute approximate surface area is 195 Å². The van der Waals surface area contributed by atoms with E-state index in [1.54, 1.807) is 55.8 Å². The SMILES string of the molecule is CCOC(=O)c1c(-c2ccc(F)cc2)csc1NC(=O)C=Cc1ccc(OCC)c(OC)c1. The zero-order chi connectivity index (χ0) is 23.8. The maximum atomic E-state index is 13.3. The van der Waals surface area contributed by atoms with Crippen molar-refractivity contribution >= 4 is 34.3 Å². The zero-order valence-corrected chi connectivity index (χ0v) is 19.3. The average Bonchev–Trinajstić information content (AvgIpc) is 3.22. The van der Waals surface area contributed by atoms with E-state index >= 15 is 0 Å². The fraction of sp³-hybridized carbons (Fsp3) is 0.200. The molecule has 8 heteroatoms. The zero-order valence-electron chi connectivity index (χ0n) is 18.5. The fourth-order valence-electron chi connectivity index (χ4n) is 3.09. The molecule has 0 bridgehead atoms. The second-order valence-electron chi connectivity index (χ2n) is 6.75. The molecule has 2 aromatic carbocycles. The van der Waals surface area contributed by atoms with Crippen LogP contribution in [0.25, 0.3) is 17.2 Å². The van der Waals surface area contributed by atoms with Crippen LogP contribution in [0, 0.1) is 5.82 Å². The standard InChI is InChI=1S/C25H24FNO5S/c1-4-31-20-12-6-16(14-21(20)30-3)7-13-22(28)27-24-23(25(29)32-5-2)19(15-33-24)17-8-10-18(26)11-9-17/h6-15H,4-5H2,1-3H3,(H,27,28). The third-order valence-corrected chi connectivity index (χ3v) is 5.47.